The van der Waals surface area contributed by atoms with E-state index in [1.54, 1.807) is 13.3 Å². The molecule has 14 heavy (non-hydrogen) atoms. The Morgan fingerprint density at radius 1 is 1.57 bits per heavy atom. The maximum atomic E-state index is 5.63. The second-order valence-corrected chi connectivity index (χ2v) is 3.54. The SMILES string of the molecule is COC(C)CCc1cnc(C(C)N)o1. The third-order valence-corrected chi connectivity index (χ3v) is 2.16. The van der Waals surface area contributed by atoms with Crippen LogP contribution in [0.1, 0.15) is 38.0 Å². The van der Waals surface area contributed by atoms with Crippen molar-refractivity contribution >= 4 is 0 Å². The quantitative estimate of drug-likeness (QED) is 0.781. The highest BCUT2D eigenvalue weighted by Crippen LogP contribution is 2.12. The highest BCUT2D eigenvalue weighted by Gasteiger charge is 2.08. The van der Waals surface area contributed by atoms with E-state index < -0.39 is 0 Å². The third-order valence-electron chi connectivity index (χ3n) is 2.16. The van der Waals surface area contributed by atoms with Crippen molar-refractivity contribution in [2.24, 2.45) is 5.73 Å². The summed E-state index contributed by atoms with van der Waals surface area (Å²) in [6.07, 6.45) is 3.76. The summed E-state index contributed by atoms with van der Waals surface area (Å²) in [4.78, 5) is 4.09. The van der Waals surface area contributed by atoms with E-state index in [4.69, 9.17) is 14.9 Å². The molecule has 0 aromatic carbocycles. The minimum atomic E-state index is -0.136. The molecule has 0 fully saturated rings. The van der Waals surface area contributed by atoms with Crippen molar-refractivity contribution in [2.75, 3.05) is 7.11 Å². The molecule has 0 aliphatic carbocycles. The zero-order valence-electron chi connectivity index (χ0n) is 8.99. The number of aryl methyl sites for hydroxylation is 1. The van der Waals surface area contributed by atoms with Gasteiger partial charge in [-0.25, -0.2) is 4.98 Å². The van der Waals surface area contributed by atoms with Gasteiger partial charge in [0.25, 0.3) is 0 Å². The van der Waals surface area contributed by atoms with Gasteiger partial charge in [-0.3, -0.25) is 0 Å². The number of aromatic nitrogens is 1. The van der Waals surface area contributed by atoms with Crippen molar-refractivity contribution < 1.29 is 9.15 Å². The maximum absolute atomic E-state index is 5.63. The Morgan fingerprint density at radius 3 is 2.79 bits per heavy atom. The highest BCUT2D eigenvalue weighted by molar-refractivity contribution is 4.97. The monoisotopic (exact) mass is 198 g/mol. The van der Waals surface area contributed by atoms with Gasteiger partial charge in [-0.05, 0) is 20.3 Å². The van der Waals surface area contributed by atoms with Crippen LogP contribution in [0.15, 0.2) is 10.6 Å². The summed E-state index contributed by atoms with van der Waals surface area (Å²) in [7, 11) is 1.71. The Kier molecular flexibility index (Phi) is 4.10. The van der Waals surface area contributed by atoms with Gasteiger partial charge in [0.05, 0.1) is 18.3 Å². The molecule has 4 heteroatoms. The lowest BCUT2D eigenvalue weighted by atomic mass is 10.2. The molecule has 0 aliphatic rings. The van der Waals surface area contributed by atoms with Gasteiger partial charge in [0.2, 0.25) is 5.89 Å². The Labute approximate surface area is 84.5 Å². The molecule has 0 saturated heterocycles. The molecule has 0 aliphatic heterocycles. The fourth-order valence-corrected chi connectivity index (χ4v) is 1.11. The fraction of sp³-hybridized carbons (Fsp3) is 0.700. The molecule has 1 rings (SSSR count). The van der Waals surface area contributed by atoms with Gasteiger partial charge >= 0.3 is 0 Å². The standard InChI is InChI=1S/C10H18N2O2/c1-7(13-3)4-5-9-6-12-10(14-9)8(2)11/h6-8H,4-5,11H2,1-3H3. The minimum Gasteiger partial charge on any atom is -0.444 e. The lowest BCUT2D eigenvalue weighted by Gasteiger charge is -2.06. The smallest absolute Gasteiger partial charge is 0.210 e. The molecule has 1 aromatic heterocycles. The molecule has 80 valence electrons. The molecular formula is C10H18N2O2. The lowest BCUT2D eigenvalue weighted by molar-refractivity contribution is 0.110. The van der Waals surface area contributed by atoms with Crippen LogP contribution in [-0.4, -0.2) is 18.2 Å². The summed E-state index contributed by atoms with van der Waals surface area (Å²) in [5.41, 5.74) is 5.63. The zero-order valence-corrected chi connectivity index (χ0v) is 8.99. The van der Waals surface area contributed by atoms with Crippen LogP contribution in [0.4, 0.5) is 0 Å². The second-order valence-electron chi connectivity index (χ2n) is 3.54. The normalized spacial score (nSPS) is 15.4. The predicted octanol–water partition coefficient (Wildman–Crippen LogP) is 1.66. The van der Waals surface area contributed by atoms with Gasteiger partial charge in [-0.15, -0.1) is 0 Å². The van der Waals surface area contributed by atoms with E-state index >= 15 is 0 Å². The summed E-state index contributed by atoms with van der Waals surface area (Å²) < 4.78 is 10.6. The average molecular weight is 198 g/mol. The van der Waals surface area contributed by atoms with E-state index in [1.807, 2.05) is 13.8 Å². The number of nitrogens with zero attached hydrogens (tertiary/aromatic N) is 1. The van der Waals surface area contributed by atoms with E-state index in [9.17, 15) is 0 Å². The zero-order chi connectivity index (χ0) is 10.6. The predicted molar refractivity (Wildman–Crippen MR) is 53.9 cm³/mol. The van der Waals surface area contributed by atoms with Crippen molar-refractivity contribution in [1.82, 2.24) is 4.98 Å². The van der Waals surface area contributed by atoms with Crippen LogP contribution in [0.5, 0.6) is 0 Å². The minimum absolute atomic E-state index is 0.136. The Bertz CT molecular complexity index is 271. The molecule has 2 unspecified atom stereocenters. The van der Waals surface area contributed by atoms with Gasteiger partial charge in [-0.1, -0.05) is 0 Å². The average Bonchev–Trinajstić information content (AvgIpc) is 2.62. The molecule has 2 atom stereocenters. The summed E-state index contributed by atoms with van der Waals surface area (Å²) in [6.45, 7) is 3.89. The maximum Gasteiger partial charge on any atom is 0.210 e. The highest BCUT2D eigenvalue weighted by atomic mass is 16.5. The van der Waals surface area contributed by atoms with Gasteiger partial charge in [-0.2, -0.15) is 0 Å². The molecule has 1 aromatic rings. The van der Waals surface area contributed by atoms with Crippen molar-refractivity contribution in [3.05, 3.63) is 17.8 Å². The van der Waals surface area contributed by atoms with Gasteiger partial charge in [0.1, 0.15) is 5.76 Å². The van der Waals surface area contributed by atoms with Crippen LogP contribution in [0.2, 0.25) is 0 Å². The Balaban J connectivity index is 2.44. The molecule has 4 nitrogen and oxygen atoms in total. The first-order valence-electron chi connectivity index (χ1n) is 4.86. The topological polar surface area (TPSA) is 61.3 Å². The van der Waals surface area contributed by atoms with Gasteiger partial charge < -0.3 is 14.9 Å². The van der Waals surface area contributed by atoms with Gasteiger partial charge in [0, 0.05) is 13.5 Å². The van der Waals surface area contributed by atoms with E-state index in [2.05, 4.69) is 4.98 Å². The number of oxazole rings is 1. The lowest BCUT2D eigenvalue weighted by Crippen LogP contribution is -2.06. The van der Waals surface area contributed by atoms with E-state index in [0.717, 1.165) is 18.6 Å². The van der Waals surface area contributed by atoms with Crippen molar-refractivity contribution in [1.29, 1.82) is 0 Å². The second kappa shape index (κ2) is 5.12. The molecular weight excluding hydrogens is 180 g/mol. The third kappa shape index (κ3) is 3.12. The van der Waals surface area contributed by atoms with Crippen molar-refractivity contribution in [3.63, 3.8) is 0 Å². The molecule has 2 N–H and O–H groups in total. The van der Waals surface area contributed by atoms with Crippen LogP contribution >= 0.6 is 0 Å². The number of ether oxygens (including phenoxy) is 1. The Morgan fingerprint density at radius 2 is 2.29 bits per heavy atom. The molecule has 1 heterocycles. The molecule has 0 amide bonds. The molecule has 0 radical (unpaired) electrons. The Hall–Kier alpha value is -0.870. The first-order valence-corrected chi connectivity index (χ1v) is 4.86. The molecule has 0 saturated carbocycles. The largest absolute Gasteiger partial charge is 0.444 e. The van der Waals surface area contributed by atoms with Crippen molar-refractivity contribution in [3.8, 4) is 0 Å². The van der Waals surface area contributed by atoms with Crippen LogP contribution < -0.4 is 5.73 Å². The van der Waals surface area contributed by atoms with Crippen LogP contribution in [0, 0.1) is 0 Å². The van der Waals surface area contributed by atoms with Crippen molar-refractivity contribution in [2.45, 2.75) is 38.8 Å². The van der Waals surface area contributed by atoms with E-state index in [-0.39, 0.29) is 12.1 Å². The first kappa shape index (κ1) is 11.2. The van der Waals surface area contributed by atoms with Crippen LogP contribution in [0.3, 0.4) is 0 Å². The summed E-state index contributed by atoms with van der Waals surface area (Å²) in [5.74, 6) is 1.48. The van der Waals surface area contributed by atoms with E-state index in [1.165, 1.54) is 0 Å². The van der Waals surface area contributed by atoms with Crippen LogP contribution in [-0.2, 0) is 11.2 Å². The summed E-state index contributed by atoms with van der Waals surface area (Å²) >= 11 is 0. The number of nitrogens with two attached hydrogens (primary N) is 1. The number of rotatable bonds is 5. The van der Waals surface area contributed by atoms with Gasteiger partial charge in [0.15, 0.2) is 0 Å². The number of hydrogen-bond acceptors (Lipinski definition) is 4. The molecule has 0 spiro atoms. The fourth-order valence-electron chi connectivity index (χ4n) is 1.11. The number of methoxy groups -OCH3 is 1. The summed E-state index contributed by atoms with van der Waals surface area (Å²) in [5, 5.41) is 0. The van der Waals surface area contributed by atoms with E-state index in [0.29, 0.717) is 5.89 Å². The first-order chi connectivity index (χ1) is 6.63. The van der Waals surface area contributed by atoms with Crippen LogP contribution in [0.25, 0.3) is 0 Å². The summed E-state index contributed by atoms with van der Waals surface area (Å²) in [6, 6.07) is -0.136. The number of hydrogen-bond donors (Lipinski definition) is 1. The molecule has 0 bridgehead atoms.